The van der Waals surface area contributed by atoms with Crippen molar-refractivity contribution in [1.82, 2.24) is 0 Å². The van der Waals surface area contributed by atoms with E-state index >= 15 is 4.39 Å². The van der Waals surface area contributed by atoms with Crippen molar-refractivity contribution in [2.45, 2.75) is 63.8 Å². The number of Topliss-reactive ketones (excluding diaryl/α,β-unsaturated/α-hetero) is 1. The van der Waals surface area contributed by atoms with E-state index in [2.05, 4.69) is 4.52 Å². The Morgan fingerprint density at radius 2 is 1.97 bits per heavy atom. The maximum absolute atomic E-state index is 17.0. The van der Waals surface area contributed by atoms with E-state index < -0.39 is 66.2 Å². The summed E-state index contributed by atoms with van der Waals surface area (Å²) < 4.78 is 32.5. The van der Waals surface area contributed by atoms with Gasteiger partial charge in [0, 0.05) is 16.7 Å². The SMILES string of the molecule is C[C@H]1C[C@@H]2[C@H]3CCC4=CC(=O)C=C[C@@]4(C)[C@]3(F)[C@H](O)C[C@@]2(C)[C@]1(O)C(=O)COP(=O)(O)O. The van der Waals surface area contributed by atoms with E-state index in [0.29, 0.717) is 24.8 Å². The molecule has 4 aliphatic rings. The lowest BCUT2D eigenvalue weighted by molar-refractivity contribution is -0.219. The number of alkyl halides is 1. The normalized spacial score (nSPS) is 48.0. The van der Waals surface area contributed by atoms with Crippen LogP contribution in [0.2, 0.25) is 0 Å². The molecule has 0 spiro atoms. The fourth-order valence-electron chi connectivity index (χ4n) is 7.39. The first-order valence-electron chi connectivity index (χ1n) is 10.9. The topological polar surface area (TPSA) is 141 Å². The molecule has 8 atom stereocenters. The highest BCUT2D eigenvalue weighted by Gasteiger charge is 2.75. The van der Waals surface area contributed by atoms with Crippen LogP contribution in [0.4, 0.5) is 4.39 Å². The molecule has 0 bridgehead atoms. The van der Waals surface area contributed by atoms with Gasteiger partial charge < -0.3 is 20.0 Å². The largest absolute Gasteiger partial charge is 0.470 e. The van der Waals surface area contributed by atoms with Gasteiger partial charge in [0.1, 0.15) is 12.2 Å². The van der Waals surface area contributed by atoms with Gasteiger partial charge in [-0.2, -0.15) is 0 Å². The van der Waals surface area contributed by atoms with Crippen molar-refractivity contribution in [1.29, 1.82) is 0 Å². The second-order valence-electron chi connectivity index (χ2n) is 10.4. The van der Waals surface area contributed by atoms with E-state index in [-0.39, 0.29) is 12.2 Å². The average molecular weight is 472 g/mol. The molecule has 0 aromatic carbocycles. The third-order valence-electron chi connectivity index (χ3n) is 9.01. The number of ketones is 2. The zero-order valence-electron chi connectivity index (χ0n) is 18.3. The van der Waals surface area contributed by atoms with Crippen LogP contribution in [-0.4, -0.2) is 55.5 Å². The molecule has 0 saturated heterocycles. The van der Waals surface area contributed by atoms with Gasteiger partial charge in [0.05, 0.1) is 6.10 Å². The van der Waals surface area contributed by atoms with Crippen molar-refractivity contribution in [3.05, 3.63) is 23.8 Å². The number of phosphoric ester groups is 1. The van der Waals surface area contributed by atoms with Crippen LogP contribution in [0.25, 0.3) is 0 Å². The number of aliphatic hydroxyl groups excluding tert-OH is 1. The molecule has 3 saturated carbocycles. The highest BCUT2D eigenvalue weighted by Crippen LogP contribution is 2.70. The summed E-state index contributed by atoms with van der Waals surface area (Å²) in [5.74, 6) is -2.87. The van der Waals surface area contributed by atoms with E-state index in [9.17, 15) is 24.4 Å². The second kappa shape index (κ2) is 7.14. The Morgan fingerprint density at radius 1 is 1.31 bits per heavy atom. The molecule has 3 fully saturated rings. The summed E-state index contributed by atoms with van der Waals surface area (Å²) in [6, 6.07) is 0. The number of phosphoric acid groups is 1. The Morgan fingerprint density at radius 3 is 2.59 bits per heavy atom. The van der Waals surface area contributed by atoms with Crippen LogP contribution < -0.4 is 0 Å². The smallest absolute Gasteiger partial charge is 0.390 e. The number of halogens is 1. The minimum Gasteiger partial charge on any atom is -0.390 e. The molecule has 10 heteroatoms. The van der Waals surface area contributed by atoms with Crippen LogP contribution >= 0.6 is 7.82 Å². The minimum absolute atomic E-state index is 0.211. The molecule has 4 N–H and O–H groups in total. The molecule has 0 aromatic rings. The van der Waals surface area contributed by atoms with Gasteiger partial charge in [-0.25, -0.2) is 8.96 Å². The fourth-order valence-corrected chi connectivity index (χ4v) is 7.68. The molecule has 0 unspecified atom stereocenters. The molecule has 0 heterocycles. The highest BCUT2D eigenvalue weighted by molar-refractivity contribution is 7.46. The molecule has 4 rings (SSSR count). The first-order valence-corrected chi connectivity index (χ1v) is 12.4. The summed E-state index contributed by atoms with van der Waals surface area (Å²) in [6.07, 6.45) is 3.70. The third kappa shape index (κ3) is 2.95. The van der Waals surface area contributed by atoms with Crippen molar-refractivity contribution in [2.24, 2.45) is 28.6 Å². The first-order chi connectivity index (χ1) is 14.6. The summed E-state index contributed by atoms with van der Waals surface area (Å²) in [7, 11) is -4.93. The van der Waals surface area contributed by atoms with Gasteiger partial charge in [0.25, 0.3) is 0 Å². The lowest BCUT2D eigenvalue weighted by Crippen LogP contribution is -2.69. The lowest BCUT2D eigenvalue weighted by Gasteiger charge is -2.62. The van der Waals surface area contributed by atoms with Gasteiger partial charge in [-0.3, -0.25) is 14.1 Å². The Hall–Kier alpha value is -1.22. The number of carbonyl (C=O) groups is 2. The third-order valence-corrected chi connectivity index (χ3v) is 9.48. The molecule has 4 aliphatic carbocycles. The maximum Gasteiger partial charge on any atom is 0.470 e. The number of allylic oxidation sites excluding steroid dienone is 4. The Balaban J connectivity index is 1.74. The van der Waals surface area contributed by atoms with Crippen molar-refractivity contribution >= 4 is 19.4 Å². The standard InChI is InChI=1S/C22H30FO8P/c1-12-8-16-15-5-4-13-9-14(24)6-7-19(13,2)21(15,23)17(25)10-20(16,3)22(12,27)18(26)11-31-32(28,29)30/h6-7,9,12,15-17,25,27H,4-5,8,10-11H2,1-3H3,(H2,28,29,30)/t12-,15+,16+,17+,19+,20+,21+,22+/m0/s1. The minimum atomic E-state index is -4.93. The van der Waals surface area contributed by atoms with Crippen molar-refractivity contribution < 1.29 is 43.1 Å². The van der Waals surface area contributed by atoms with Crippen LogP contribution in [-0.2, 0) is 18.7 Å². The van der Waals surface area contributed by atoms with Crippen molar-refractivity contribution in [3.8, 4) is 0 Å². The molecular weight excluding hydrogens is 442 g/mol. The summed E-state index contributed by atoms with van der Waals surface area (Å²) in [6.45, 7) is 4.00. The van der Waals surface area contributed by atoms with Crippen LogP contribution in [0.15, 0.2) is 23.8 Å². The summed E-state index contributed by atoms with van der Waals surface area (Å²) >= 11 is 0. The predicted molar refractivity (Wildman–Crippen MR) is 111 cm³/mol. The Kier molecular flexibility index (Phi) is 5.34. The average Bonchev–Trinajstić information content (AvgIpc) is 2.89. The number of hydrogen-bond acceptors (Lipinski definition) is 6. The predicted octanol–water partition coefficient (Wildman–Crippen LogP) is 2.01. The van der Waals surface area contributed by atoms with E-state index in [1.165, 1.54) is 18.2 Å². The first kappa shape index (κ1) is 23.9. The van der Waals surface area contributed by atoms with Gasteiger partial charge in [-0.15, -0.1) is 0 Å². The van der Waals surface area contributed by atoms with Gasteiger partial charge in [0.15, 0.2) is 17.2 Å². The Labute approximate surface area is 185 Å². The molecule has 178 valence electrons. The number of rotatable bonds is 4. The highest BCUT2D eigenvalue weighted by atomic mass is 31.2. The molecule has 0 radical (unpaired) electrons. The van der Waals surface area contributed by atoms with Gasteiger partial charge >= 0.3 is 7.82 Å². The fraction of sp³-hybridized carbons (Fsp3) is 0.727. The molecule has 0 amide bonds. The summed E-state index contributed by atoms with van der Waals surface area (Å²) in [5.41, 5.74) is -5.88. The zero-order valence-corrected chi connectivity index (χ0v) is 19.2. The molecule has 0 aliphatic heterocycles. The second-order valence-corrected chi connectivity index (χ2v) is 11.6. The van der Waals surface area contributed by atoms with Crippen molar-refractivity contribution in [3.63, 3.8) is 0 Å². The molecule has 0 aromatic heterocycles. The maximum atomic E-state index is 17.0. The van der Waals surface area contributed by atoms with Gasteiger partial charge in [-0.05, 0) is 56.6 Å². The van der Waals surface area contributed by atoms with Crippen LogP contribution in [0, 0.1) is 28.6 Å². The van der Waals surface area contributed by atoms with Crippen molar-refractivity contribution in [2.75, 3.05) is 6.61 Å². The summed E-state index contributed by atoms with van der Waals surface area (Å²) in [4.78, 5) is 42.8. The van der Waals surface area contributed by atoms with Gasteiger partial charge in [-0.1, -0.05) is 25.5 Å². The number of hydrogen-bond donors (Lipinski definition) is 4. The van der Waals surface area contributed by atoms with Crippen LogP contribution in [0.1, 0.15) is 46.5 Å². The lowest BCUT2D eigenvalue weighted by atomic mass is 9.44. The summed E-state index contributed by atoms with van der Waals surface area (Å²) in [5, 5.41) is 22.8. The number of fused-ring (bicyclic) bond motifs is 5. The zero-order chi connectivity index (χ0) is 23.9. The molecular formula is C22H30FO8P. The van der Waals surface area contributed by atoms with E-state index in [1.807, 2.05) is 0 Å². The van der Waals surface area contributed by atoms with Crippen LogP contribution in [0.5, 0.6) is 0 Å². The molecule has 8 nitrogen and oxygen atoms in total. The van der Waals surface area contributed by atoms with E-state index in [1.54, 1.807) is 20.8 Å². The number of aliphatic hydroxyl groups is 2. The number of carbonyl (C=O) groups excluding carboxylic acids is 2. The van der Waals surface area contributed by atoms with E-state index in [4.69, 9.17) is 9.79 Å². The monoisotopic (exact) mass is 472 g/mol. The van der Waals surface area contributed by atoms with Crippen LogP contribution in [0.3, 0.4) is 0 Å². The van der Waals surface area contributed by atoms with E-state index in [0.717, 1.165) is 0 Å². The van der Waals surface area contributed by atoms with Gasteiger partial charge in [0.2, 0.25) is 0 Å². The Bertz CT molecular complexity index is 973. The molecule has 32 heavy (non-hydrogen) atoms. The quantitative estimate of drug-likeness (QED) is 0.456.